The molecule has 0 aliphatic heterocycles. The van der Waals surface area contributed by atoms with Gasteiger partial charge in [0, 0.05) is 0 Å². The van der Waals surface area contributed by atoms with Crippen molar-refractivity contribution in [1.29, 1.82) is 0 Å². The molecular weight excluding hydrogens is 296 g/mol. The molecule has 0 aromatic carbocycles. The second kappa shape index (κ2) is 15.4. The van der Waals surface area contributed by atoms with Crippen molar-refractivity contribution < 1.29 is 15.0 Å². The lowest BCUT2D eigenvalue weighted by molar-refractivity contribution is -0.136. The van der Waals surface area contributed by atoms with Gasteiger partial charge in [-0.1, -0.05) is 64.0 Å². The van der Waals surface area contributed by atoms with E-state index in [1.54, 1.807) is 0 Å². The third kappa shape index (κ3) is 14.5. The number of aliphatic hydroxyl groups is 1. The lowest BCUT2D eigenvalue weighted by atomic mass is 10.1. The van der Waals surface area contributed by atoms with Crippen LogP contribution in [0.25, 0.3) is 0 Å². The molecule has 2 atom stereocenters. The molecule has 0 amide bonds. The van der Waals surface area contributed by atoms with Crippen molar-refractivity contribution in [3.8, 4) is 0 Å². The molecule has 0 aliphatic rings. The molecule has 0 fully saturated rings. The molecule has 0 saturated carbocycles. The summed E-state index contributed by atoms with van der Waals surface area (Å²) >= 11 is 4.02. The molecule has 3 nitrogen and oxygen atoms in total. The number of aliphatic hydroxyl groups excluding tert-OH is 1. The number of carboxylic acids is 1. The quantitative estimate of drug-likeness (QED) is 0.225. The number of allylic oxidation sites excluding steroid dienone is 1. The topological polar surface area (TPSA) is 57.5 Å². The van der Waals surface area contributed by atoms with Gasteiger partial charge in [0.05, 0.1) is 11.4 Å². The van der Waals surface area contributed by atoms with E-state index < -0.39 is 11.2 Å². The van der Waals surface area contributed by atoms with Gasteiger partial charge in [-0.3, -0.25) is 4.79 Å². The summed E-state index contributed by atoms with van der Waals surface area (Å²) < 4.78 is 0. The fourth-order valence-corrected chi connectivity index (χ4v) is 2.56. The maximum absolute atomic E-state index is 10.6. The van der Waals surface area contributed by atoms with Gasteiger partial charge in [-0.15, -0.1) is 0 Å². The predicted octanol–water partition coefficient (Wildman–Crippen LogP) is 4.99. The van der Waals surface area contributed by atoms with Crippen LogP contribution in [0.1, 0.15) is 84.0 Å². The highest BCUT2D eigenvalue weighted by molar-refractivity contribution is 7.81. The van der Waals surface area contributed by atoms with Crippen molar-refractivity contribution >= 4 is 18.6 Å². The Morgan fingerprint density at radius 2 is 1.64 bits per heavy atom. The van der Waals surface area contributed by atoms with Crippen LogP contribution in [-0.4, -0.2) is 27.5 Å². The lowest BCUT2D eigenvalue weighted by Crippen LogP contribution is -2.12. The zero-order valence-electron chi connectivity index (χ0n) is 14.0. The summed E-state index contributed by atoms with van der Waals surface area (Å²) in [7, 11) is 0. The minimum Gasteiger partial charge on any atom is -0.480 e. The van der Waals surface area contributed by atoms with Gasteiger partial charge in [0.15, 0.2) is 0 Å². The molecule has 0 bridgehead atoms. The van der Waals surface area contributed by atoms with Crippen LogP contribution >= 0.6 is 12.6 Å². The molecule has 0 spiro atoms. The van der Waals surface area contributed by atoms with Gasteiger partial charge in [-0.2, -0.15) is 12.6 Å². The summed E-state index contributed by atoms with van der Waals surface area (Å²) in [5.74, 6) is -0.820. The van der Waals surface area contributed by atoms with E-state index in [-0.39, 0.29) is 6.10 Å². The standard InChI is InChI=1S/C18H34O3S/c1-2-3-4-10-13-16(19)14-11-8-6-5-7-9-12-15-17(22)18(20)21/h8,11,16-17,19,22H,2-7,9-10,12-15H2,1H3,(H,20,21)/b11-8-/t16-,17?/m1/s1. The third-order valence-electron chi connectivity index (χ3n) is 3.85. The van der Waals surface area contributed by atoms with Gasteiger partial charge < -0.3 is 10.2 Å². The largest absolute Gasteiger partial charge is 0.480 e. The average molecular weight is 331 g/mol. The van der Waals surface area contributed by atoms with E-state index in [1.165, 1.54) is 19.3 Å². The van der Waals surface area contributed by atoms with Crippen molar-refractivity contribution in [1.82, 2.24) is 0 Å². The van der Waals surface area contributed by atoms with Gasteiger partial charge in [0.25, 0.3) is 0 Å². The molecule has 22 heavy (non-hydrogen) atoms. The van der Waals surface area contributed by atoms with Crippen LogP contribution in [0, 0.1) is 0 Å². The molecule has 0 saturated heterocycles. The Hall–Kier alpha value is -0.480. The SMILES string of the molecule is CCCCCC[C@@H](O)C/C=C\CCCCCCC(S)C(=O)O. The minimum atomic E-state index is -0.820. The summed E-state index contributed by atoms with van der Waals surface area (Å²) in [5.41, 5.74) is 0. The minimum absolute atomic E-state index is 0.184. The highest BCUT2D eigenvalue weighted by Crippen LogP contribution is 2.12. The Morgan fingerprint density at radius 3 is 2.32 bits per heavy atom. The summed E-state index contributed by atoms with van der Waals surface area (Å²) in [5, 5.41) is 18.0. The Bertz CT molecular complexity index is 292. The second-order valence-electron chi connectivity index (χ2n) is 6.06. The molecular formula is C18H34O3S. The van der Waals surface area contributed by atoms with E-state index in [0.717, 1.165) is 51.4 Å². The molecule has 1 unspecified atom stereocenters. The van der Waals surface area contributed by atoms with Crippen LogP contribution in [0.4, 0.5) is 0 Å². The van der Waals surface area contributed by atoms with E-state index in [2.05, 4.69) is 31.7 Å². The van der Waals surface area contributed by atoms with E-state index in [1.807, 2.05) is 0 Å². The number of hydrogen-bond donors (Lipinski definition) is 3. The second-order valence-corrected chi connectivity index (χ2v) is 6.68. The van der Waals surface area contributed by atoms with Gasteiger partial charge in [-0.05, 0) is 32.1 Å². The average Bonchev–Trinajstić information content (AvgIpc) is 2.49. The molecule has 0 aliphatic carbocycles. The van der Waals surface area contributed by atoms with Crippen molar-refractivity contribution in [3.05, 3.63) is 12.2 Å². The summed E-state index contributed by atoms with van der Waals surface area (Å²) in [4.78, 5) is 10.6. The Balaban J connectivity index is 3.34. The van der Waals surface area contributed by atoms with Crippen LogP contribution < -0.4 is 0 Å². The molecule has 0 heterocycles. The fourth-order valence-electron chi connectivity index (χ4n) is 2.37. The van der Waals surface area contributed by atoms with E-state index in [4.69, 9.17) is 5.11 Å². The Kier molecular flexibility index (Phi) is 15.1. The van der Waals surface area contributed by atoms with Gasteiger partial charge >= 0.3 is 5.97 Å². The zero-order valence-corrected chi connectivity index (χ0v) is 14.9. The van der Waals surface area contributed by atoms with Crippen LogP contribution in [0.3, 0.4) is 0 Å². The smallest absolute Gasteiger partial charge is 0.316 e. The van der Waals surface area contributed by atoms with Crippen LogP contribution in [-0.2, 0) is 4.79 Å². The van der Waals surface area contributed by atoms with Crippen LogP contribution in [0.5, 0.6) is 0 Å². The number of carbonyl (C=O) groups is 1. The summed E-state index contributed by atoms with van der Waals surface area (Å²) in [6.45, 7) is 2.20. The maximum Gasteiger partial charge on any atom is 0.316 e. The molecule has 0 aromatic rings. The highest BCUT2D eigenvalue weighted by Gasteiger charge is 2.10. The van der Waals surface area contributed by atoms with Crippen LogP contribution in [0.2, 0.25) is 0 Å². The van der Waals surface area contributed by atoms with Crippen molar-refractivity contribution in [2.24, 2.45) is 0 Å². The first-order valence-electron chi connectivity index (χ1n) is 8.81. The summed E-state index contributed by atoms with van der Waals surface area (Å²) in [6, 6.07) is 0. The van der Waals surface area contributed by atoms with Gasteiger partial charge in [-0.25, -0.2) is 0 Å². The molecule has 4 heteroatoms. The zero-order chi connectivity index (χ0) is 16.6. The first kappa shape index (κ1) is 21.5. The van der Waals surface area contributed by atoms with Crippen molar-refractivity contribution in [3.63, 3.8) is 0 Å². The fraction of sp³-hybridized carbons (Fsp3) is 0.833. The highest BCUT2D eigenvalue weighted by atomic mass is 32.1. The first-order valence-corrected chi connectivity index (χ1v) is 9.33. The number of unbranched alkanes of at least 4 members (excludes halogenated alkanes) is 7. The number of aliphatic carboxylic acids is 1. The predicted molar refractivity (Wildman–Crippen MR) is 96.6 cm³/mol. The maximum atomic E-state index is 10.6. The van der Waals surface area contributed by atoms with Gasteiger partial charge in [0.2, 0.25) is 0 Å². The molecule has 2 N–H and O–H groups in total. The number of carboxylic acid groups (broad SMARTS) is 1. The van der Waals surface area contributed by atoms with E-state index in [0.29, 0.717) is 6.42 Å². The monoisotopic (exact) mass is 330 g/mol. The molecule has 0 aromatic heterocycles. The summed E-state index contributed by atoms with van der Waals surface area (Å²) in [6.07, 6.45) is 16.6. The third-order valence-corrected chi connectivity index (χ3v) is 4.33. The van der Waals surface area contributed by atoms with Crippen molar-refractivity contribution in [2.75, 3.05) is 0 Å². The lowest BCUT2D eigenvalue weighted by Gasteiger charge is -2.07. The van der Waals surface area contributed by atoms with Gasteiger partial charge in [0.1, 0.15) is 0 Å². The number of hydrogen-bond acceptors (Lipinski definition) is 3. The van der Waals surface area contributed by atoms with E-state index in [9.17, 15) is 9.90 Å². The molecule has 130 valence electrons. The Morgan fingerprint density at radius 1 is 1.00 bits per heavy atom. The van der Waals surface area contributed by atoms with Crippen LogP contribution in [0.15, 0.2) is 12.2 Å². The van der Waals surface area contributed by atoms with Crippen molar-refractivity contribution in [2.45, 2.75) is 95.3 Å². The normalized spacial score (nSPS) is 14.3. The van der Waals surface area contributed by atoms with E-state index >= 15 is 0 Å². The number of rotatable bonds is 15. The molecule has 0 rings (SSSR count). The Labute approximate surface area is 141 Å². The molecule has 0 radical (unpaired) electrons. The number of thiol groups is 1. The first-order chi connectivity index (χ1) is 10.6.